The van der Waals surface area contributed by atoms with Crippen molar-refractivity contribution in [2.75, 3.05) is 26.5 Å². The molecule has 0 saturated carbocycles. The summed E-state index contributed by atoms with van der Waals surface area (Å²) in [5.41, 5.74) is 0.463. The highest BCUT2D eigenvalue weighted by atomic mass is 32.2. The summed E-state index contributed by atoms with van der Waals surface area (Å²) in [6.45, 7) is 1.30. The van der Waals surface area contributed by atoms with Crippen LogP contribution >= 0.6 is 11.5 Å². The fourth-order valence-corrected chi connectivity index (χ4v) is 4.68. The second kappa shape index (κ2) is 7.22. The van der Waals surface area contributed by atoms with Crippen molar-refractivity contribution in [2.45, 2.75) is 29.6 Å². The summed E-state index contributed by atoms with van der Waals surface area (Å²) < 4.78 is 38.2. The van der Waals surface area contributed by atoms with Crippen LogP contribution in [0.3, 0.4) is 0 Å². The highest BCUT2D eigenvalue weighted by Gasteiger charge is 2.32. The molecule has 1 amide bonds. The molecule has 1 fully saturated rings. The van der Waals surface area contributed by atoms with Gasteiger partial charge in [0.05, 0.1) is 5.69 Å². The minimum absolute atomic E-state index is 0.144. The van der Waals surface area contributed by atoms with Crippen LogP contribution in [0.25, 0.3) is 0 Å². The Hall–Kier alpha value is -1.78. The number of likely N-dealkylation sites (tertiary alicyclic amines) is 1. The molecule has 0 N–H and O–H groups in total. The van der Waals surface area contributed by atoms with Crippen molar-refractivity contribution in [3.63, 3.8) is 0 Å². The second-order valence-electron chi connectivity index (χ2n) is 6.01. The molecule has 0 radical (unpaired) electrons. The molecule has 0 unspecified atom stereocenters. The van der Waals surface area contributed by atoms with E-state index >= 15 is 0 Å². The van der Waals surface area contributed by atoms with Gasteiger partial charge in [0.1, 0.15) is 12.4 Å². The topological polar surface area (TPSA) is 103 Å². The third-order valence-corrected chi connectivity index (χ3v) is 6.63. The molecule has 25 heavy (non-hydrogen) atoms. The molecule has 136 valence electrons. The normalized spacial score (nSPS) is 18.5. The van der Waals surface area contributed by atoms with Gasteiger partial charge in [0.25, 0.3) is 5.91 Å². The van der Waals surface area contributed by atoms with Crippen molar-refractivity contribution < 1.29 is 22.4 Å². The molecule has 3 rings (SSSR count). The Morgan fingerprint density at radius 1 is 1.48 bits per heavy atom. The molecule has 3 heterocycles. The number of hydrogen-bond acceptors (Lipinski definition) is 8. The third-order valence-electron chi connectivity index (χ3n) is 4.07. The average molecular weight is 385 g/mol. The van der Waals surface area contributed by atoms with Gasteiger partial charge in [-0.05, 0) is 25.0 Å². The molecule has 0 spiro atoms. The predicted molar refractivity (Wildman–Crippen MR) is 90.3 cm³/mol. The molecule has 1 atom stereocenters. The molecule has 2 aromatic heterocycles. The smallest absolute Gasteiger partial charge is 0.289 e. The Kier molecular flexibility index (Phi) is 5.21. The second-order valence-corrected chi connectivity index (χ2v) is 8.97. The van der Waals surface area contributed by atoms with E-state index in [0.29, 0.717) is 31.2 Å². The van der Waals surface area contributed by atoms with Gasteiger partial charge >= 0.3 is 0 Å². The van der Waals surface area contributed by atoms with E-state index in [4.69, 9.17) is 9.15 Å². The summed E-state index contributed by atoms with van der Waals surface area (Å²) in [4.78, 5) is 14.3. The van der Waals surface area contributed by atoms with E-state index < -0.39 is 9.84 Å². The van der Waals surface area contributed by atoms with E-state index in [9.17, 15) is 13.2 Å². The minimum Gasteiger partial charge on any atom is -0.453 e. The van der Waals surface area contributed by atoms with Crippen LogP contribution in [0.2, 0.25) is 0 Å². The molecular formula is C15H19N3O5S2. The Bertz CT molecular complexity index is 858. The van der Waals surface area contributed by atoms with Crippen LogP contribution in [0.1, 0.15) is 40.8 Å². The maximum Gasteiger partial charge on any atom is 0.289 e. The third kappa shape index (κ3) is 3.91. The first-order valence-electron chi connectivity index (χ1n) is 7.79. The minimum atomic E-state index is -3.37. The van der Waals surface area contributed by atoms with Crippen LogP contribution in [0, 0.1) is 0 Å². The van der Waals surface area contributed by atoms with Crippen LogP contribution in [0.15, 0.2) is 20.8 Å². The number of amides is 1. The van der Waals surface area contributed by atoms with Gasteiger partial charge in [-0.25, -0.2) is 8.42 Å². The molecular weight excluding hydrogens is 366 g/mol. The van der Waals surface area contributed by atoms with Crippen molar-refractivity contribution in [3.8, 4) is 0 Å². The predicted octanol–water partition coefficient (Wildman–Crippen LogP) is 1.70. The maximum atomic E-state index is 12.7. The highest BCUT2D eigenvalue weighted by molar-refractivity contribution is 7.92. The number of nitrogens with zero attached hydrogens (tertiary/aromatic N) is 3. The number of sulfone groups is 1. The van der Waals surface area contributed by atoms with Crippen LogP contribution in [0.5, 0.6) is 0 Å². The number of carbonyl (C=O) groups excluding carboxylic acids is 1. The van der Waals surface area contributed by atoms with Gasteiger partial charge in [-0.2, -0.15) is 0 Å². The molecule has 0 aromatic carbocycles. The zero-order chi connectivity index (χ0) is 18.0. The Labute approximate surface area is 149 Å². The van der Waals surface area contributed by atoms with Gasteiger partial charge in [0.15, 0.2) is 19.8 Å². The molecule has 0 aliphatic carbocycles. The van der Waals surface area contributed by atoms with Crippen molar-refractivity contribution in [1.82, 2.24) is 14.5 Å². The van der Waals surface area contributed by atoms with E-state index in [0.717, 1.165) is 30.6 Å². The number of carbonyl (C=O) groups is 1. The first-order chi connectivity index (χ1) is 11.9. The van der Waals surface area contributed by atoms with Crippen LogP contribution in [-0.2, 0) is 21.2 Å². The molecule has 1 aliphatic rings. The van der Waals surface area contributed by atoms with E-state index in [-0.39, 0.29) is 21.8 Å². The van der Waals surface area contributed by atoms with Gasteiger partial charge in [0.2, 0.25) is 0 Å². The van der Waals surface area contributed by atoms with Gasteiger partial charge in [0, 0.05) is 43.9 Å². The van der Waals surface area contributed by atoms with Crippen molar-refractivity contribution in [2.24, 2.45) is 0 Å². The quantitative estimate of drug-likeness (QED) is 0.772. The van der Waals surface area contributed by atoms with E-state index in [1.54, 1.807) is 24.1 Å². The fourth-order valence-electron chi connectivity index (χ4n) is 2.95. The molecule has 8 nitrogen and oxygen atoms in total. The summed E-state index contributed by atoms with van der Waals surface area (Å²) in [5, 5.41) is 4.01. The number of aromatic nitrogens is 2. The zero-order valence-corrected chi connectivity index (χ0v) is 15.6. The molecule has 1 aliphatic heterocycles. The number of furan rings is 1. The van der Waals surface area contributed by atoms with Crippen LogP contribution in [0.4, 0.5) is 0 Å². The first kappa shape index (κ1) is 18.0. The average Bonchev–Trinajstić information content (AvgIpc) is 3.23. The van der Waals surface area contributed by atoms with E-state index in [1.165, 1.54) is 0 Å². The van der Waals surface area contributed by atoms with Crippen LogP contribution < -0.4 is 0 Å². The van der Waals surface area contributed by atoms with E-state index in [2.05, 4.69) is 9.59 Å². The molecule has 0 bridgehead atoms. The Morgan fingerprint density at radius 2 is 2.28 bits per heavy atom. The number of piperidine rings is 1. The number of methoxy groups -OCH3 is 1. The van der Waals surface area contributed by atoms with E-state index in [1.807, 2.05) is 0 Å². The SMILES string of the molecule is COCc1ccc(C(=O)N2CCC[C@@H](c3nnsc3S(C)(=O)=O)C2)o1. The first-order valence-corrected chi connectivity index (χ1v) is 10.5. The molecule has 1 saturated heterocycles. The number of rotatable bonds is 5. The molecule has 2 aromatic rings. The maximum absolute atomic E-state index is 12.7. The van der Waals surface area contributed by atoms with Gasteiger partial charge < -0.3 is 14.1 Å². The lowest BCUT2D eigenvalue weighted by molar-refractivity contribution is 0.0665. The van der Waals surface area contributed by atoms with Crippen LogP contribution in [-0.4, -0.2) is 55.3 Å². The van der Waals surface area contributed by atoms with Crippen molar-refractivity contribution in [3.05, 3.63) is 29.3 Å². The monoisotopic (exact) mass is 385 g/mol. The summed E-state index contributed by atoms with van der Waals surface area (Å²) in [7, 11) is -1.82. The Balaban J connectivity index is 1.77. The summed E-state index contributed by atoms with van der Waals surface area (Å²) in [5.74, 6) is 0.487. The summed E-state index contributed by atoms with van der Waals surface area (Å²) in [6.07, 6.45) is 2.69. The lowest BCUT2D eigenvalue weighted by atomic mass is 9.95. The standard InChI is InChI=1S/C15H19N3O5S2/c1-22-9-11-5-6-12(23-11)14(19)18-7-3-4-10(8-18)13-15(24-17-16-13)25(2,20)21/h5-6,10H,3-4,7-9H2,1-2H3/t10-/m1/s1. The van der Waals surface area contributed by atoms with Gasteiger partial charge in [-0.3, -0.25) is 4.79 Å². The number of hydrogen-bond donors (Lipinski definition) is 0. The molecule has 10 heteroatoms. The fraction of sp³-hybridized carbons (Fsp3) is 0.533. The lowest BCUT2D eigenvalue weighted by Crippen LogP contribution is -2.39. The van der Waals surface area contributed by atoms with Crippen molar-refractivity contribution >= 4 is 27.3 Å². The highest BCUT2D eigenvalue weighted by Crippen LogP contribution is 2.32. The number of ether oxygens (including phenoxy) is 1. The zero-order valence-electron chi connectivity index (χ0n) is 14.0. The van der Waals surface area contributed by atoms with Gasteiger partial charge in [-0.15, -0.1) is 5.10 Å². The lowest BCUT2D eigenvalue weighted by Gasteiger charge is -2.31. The van der Waals surface area contributed by atoms with Crippen molar-refractivity contribution in [1.29, 1.82) is 0 Å². The Morgan fingerprint density at radius 3 is 3.00 bits per heavy atom. The summed E-state index contributed by atoms with van der Waals surface area (Å²) >= 11 is 0.880. The summed E-state index contributed by atoms with van der Waals surface area (Å²) in [6, 6.07) is 3.34. The largest absolute Gasteiger partial charge is 0.453 e. The van der Waals surface area contributed by atoms with Gasteiger partial charge in [-0.1, -0.05) is 4.49 Å².